The lowest BCUT2D eigenvalue weighted by Crippen LogP contribution is -2.64. The Morgan fingerprint density at radius 1 is 0.889 bits per heavy atom. The molecule has 0 radical (unpaired) electrons. The Hall–Kier alpha value is -4.40. The monoisotopic (exact) mass is 646 g/mol. The van der Waals surface area contributed by atoms with Gasteiger partial charge in [-0.1, -0.05) is 56.3 Å². The Morgan fingerprint density at radius 2 is 1.53 bits per heavy atom. The van der Waals surface area contributed by atoms with Gasteiger partial charge in [-0.05, 0) is 35.4 Å². The first-order valence-corrected chi connectivity index (χ1v) is 15.3. The van der Waals surface area contributed by atoms with Crippen LogP contribution in [0.2, 0.25) is 0 Å². The largest absolute Gasteiger partial charge is 0.481 e. The molecular weight excluding hydrogens is 614 g/mol. The van der Waals surface area contributed by atoms with Crippen LogP contribution in [0.25, 0.3) is 0 Å². The van der Waals surface area contributed by atoms with E-state index in [0.717, 1.165) is 22.5 Å². The van der Waals surface area contributed by atoms with Gasteiger partial charge in [-0.2, -0.15) is 4.31 Å². The Balaban J connectivity index is 1.55. The molecule has 1 aliphatic heterocycles. The van der Waals surface area contributed by atoms with Gasteiger partial charge in [0.1, 0.15) is 5.75 Å². The van der Waals surface area contributed by atoms with Crippen molar-refractivity contribution in [3.05, 3.63) is 95.6 Å². The number of esters is 2. The van der Waals surface area contributed by atoms with Crippen molar-refractivity contribution in [2.45, 2.75) is 43.6 Å². The van der Waals surface area contributed by atoms with Crippen LogP contribution >= 0.6 is 0 Å². The summed E-state index contributed by atoms with van der Waals surface area (Å²) in [5.41, 5.74) is 5.55. The van der Waals surface area contributed by atoms with E-state index in [2.05, 4.69) is 0 Å². The molecule has 3 aromatic carbocycles. The van der Waals surface area contributed by atoms with Crippen molar-refractivity contribution in [2.75, 3.05) is 13.1 Å². The molecule has 3 atom stereocenters. The van der Waals surface area contributed by atoms with Crippen LogP contribution in [0.4, 0.5) is 8.78 Å². The molecule has 45 heavy (non-hydrogen) atoms. The second kappa shape index (κ2) is 13.3. The van der Waals surface area contributed by atoms with E-state index in [0.29, 0.717) is 5.56 Å². The summed E-state index contributed by atoms with van der Waals surface area (Å²) in [4.78, 5) is 36.3. The second-order valence-corrected chi connectivity index (χ2v) is 12.8. The summed E-state index contributed by atoms with van der Waals surface area (Å²) in [6, 6.07) is 15.3. The lowest BCUT2D eigenvalue weighted by atomic mass is 9.87. The number of nitrogens with zero attached hydrogens (tertiary/aromatic N) is 1. The zero-order valence-electron chi connectivity index (χ0n) is 24.6. The fourth-order valence-corrected chi connectivity index (χ4v) is 6.28. The summed E-state index contributed by atoms with van der Waals surface area (Å²) in [6.07, 6.45) is -1.39. The highest BCUT2D eigenvalue weighted by Gasteiger charge is 2.52. The van der Waals surface area contributed by atoms with Crippen molar-refractivity contribution < 1.29 is 50.9 Å². The molecule has 0 aromatic heterocycles. The molecule has 1 saturated heterocycles. The number of carboxylic acids is 1. The Kier molecular flexibility index (Phi) is 9.90. The van der Waals surface area contributed by atoms with Crippen LogP contribution < -0.4 is 10.5 Å². The lowest BCUT2D eigenvalue weighted by Gasteiger charge is -2.48. The molecule has 0 aliphatic carbocycles. The SMILES string of the molecule is CC(OC(=O)C(C)C)OC(=O)[C@H](C(=O)O)C(N)c1cccc(S(=O)(=O)N2CC(Oc3ccc(F)c(F)c3)(c3ccccc3)C2)c1. The first-order chi connectivity index (χ1) is 21.1. The number of halogens is 2. The van der Waals surface area contributed by atoms with Crippen molar-refractivity contribution in [1.82, 2.24) is 4.31 Å². The smallest absolute Gasteiger partial charge is 0.325 e. The molecule has 14 heteroatoms. The van der Waals surface area contributed by atoms with Gasteiger partial charge < -0.3 is 25.1 Å². The van der Waals surface area contributed by atoms with E-state index in [9.17, 15) is 36.7 Å². The van der Waals surface area contributed by atoms with Crippen LogP contribution in [-0.2, 0) is 39.5 Å². The van der Waals surface area contributed by atoms with Crippen molar-refractivity contribution in [3.8, 4) is 5.75 Å². The maximum Gasteiger partial charge on any atom is 0.325 e. The number of ether oxygens (including phenoxy) is 3. The minimum atomic E-state index is -4.21. The van der Waals surface area contributed by atoms with Gasteiger partial charge in [-0.3, -0.25) is 14.4 Å². The first-order valence-electron chi connectivity index (χ1n) is 13.8. The molecule has 4 rings (SSSR count). The number of benzene rings is 3. The number of carboxylic acid groups (broad SMARTS) is 1. The second-order valence-electron chi connectivity index (χ2n) is 10.8. The average Bonchev–Trinajstić information content (AvgIpc) is 2.96. The maximum atomic E-state index is 13.9. The zero-order chi connectivity index (χ0) is 33.1. The topological polar surface area (TPSA) is 163 Å². The third-order valence-corrected chi connectivity index (χ3v) is 8.95. The van der Waals surface area contributed by atoms with E-state index in [4.69, 9.17) is 19.9 Å². The minimum Gasteiger partial charge on any atom is -0.481 e. The number of hydrogen-bond acceptors (Lipinski definition) is 9. The number of carbonyl (C=O) groups is 3. The van der Waals surface area contributed by atoms with Crippen LogP contribution in [0.1, 0.15) is 37.9 Å². The molecule has 1 aliphatic rings. The van der Waals surface area contributed by atoms with Gasteiger partial charge in [0.25, 0.3) is 0 Å². The lowest BCUT2D eigenvalue weighted by molar-refractivity contribution is -0.191. The molecule has 3 N–H and O–H groups in total. The van der Waals surface area contributed by atoms with Gasteiger partial charge in [-0.15, -0.1) is 0 Å². The number of nitrogens with two attached hydrogens (primary N) is 1. The van der Waals surface area contributed by atoms with E-state index in [1.54, 1.807) is 44.2 Å². The van der Waals surface area contributed by atoms with Gasteiger partial charge in [0.2, 0.25) is 16.3 Å². The van der Waals surface area contributed by atoms with Crippen LogP contribution in [0.15, 0.2) is 77.7 Å². The summed E-state index contributed by atoms with van der Waals surface area (Å²) in [7, 11) is -4.21. The highest BCUT2D eigenvalue weighted by atomic mass is 32.2. The van der Waals surface area contributed by atoms with Crippen LogP contribution in [-0.4, -0.2) is 55.1 Å². The van der Waals surface area contributed by atoms with Crippen molar-refractivity contribution in [1.29, 1.82) is 0 Å². The van der Waals surface area contributed by atoms with Crippen LogP contribution in [0, 0.1) is 23.5 Å². The van der Waals surface area contributed by atoms with Crippen molar-refractivity contribution >= 4 is 27.9 Å². The highest BCUT2D eigenvalue weighted by molar-refractivity contribution is 7.89. The summed E-state index contributed by atoms with van der Waals surface area (Å²) >= 11 is 0. The molecule has 3 aromatic rings. The summed E-state index contributed by atoms with van der Waals surface area (Å²) in [5.74, 6) is -8.23. The molecule has 11 nitrogen and oxygen atoms in total. The zero-order valence-corrected chi connectivity index (χ0v) is 25.4. The molecule has 1 heterocycles. The summed E-state index contributed by atoms with van der Waals surface area (Å²) in [6.45, 7) is 4.00. The maximum absolute atomic E-state index is 13.9. The predicted octanol–water partition coefficient (Wildman–Crippen LogP) is 3.73. The van der Waals surface area contributed by atoms with E-state index in [-0.39, 0.29) is 29.3 Å². The van der Waals surface area contributed by atoms with Crippen LogP contribution in [0.5, 0.6) is 5.75 Å². The van der Waals surface area contributed by atoms with E-state index < -0.39 is 69.3 Å². The molecule has 0 bridgehead atoms. The van der Waals surface area contributed by atoms with E-state index >= 15 is 0 Å². The van der Waals surface area contributed by atoms with Gasteiger partial charge in [-0.25, -0.2) is 17.2 Å². The van der Waals surface area contributed by atoms with E-state index in [1.165, 1.54) is 31.2 Å². The number of sulfonamides is 1. The Labute approximate surface area is 258 Å². The normalized spacial score (nSPS) is 16.6. The Bertz CT molecular complexity index is 1680. The third-order valence-electron chi connectivity index (χ3n) is 7.16. The molecule has 0 saturated carbocycles. The molecule has 240 valence electrons. The van der Waals surface area contributed by atoms with Gasteiger partial charge in [0.05, 0.1) is 29.9 Å². The van der Waals surface area contributed by atoms with Gasteiger partial charge >= 0.3 is 17.9 Å². The average molecular weight is 647 g/mol. The highest BCUT2D eigenvalue weighted by Crippen LogP contribution is 2.40. The van der Waals surface area contributed by atoms with Crippen molar-refractivity contribution in [3.63, 3.8) is 0 Å². The summed E-state index contributed by atoms with van der Waals surface area (Å²) < 4.78 is 71.9. The fraction of sp³-hybridized carbons (Fsp3) is 0.323. The van der Waals surface area contributed by atoms with Crippen LogP contribution in [0.3, 0.4) is 0 Å². The van der Waals surface area contributed by atoms with Crippen molar-refractivity contribution in [2.24, 2.45) is 17.6 Å². The molecule has 2 unspecified atom stereocenters. The first kappa shape index (κ1) is 33.5. The quantitative estimate of drug-likeness (QED) is 0.168. The number of hydrogen-bond donors (Lipinski definition) is 2. The number of aliphatic carboxylic acids is 1. The summed E-state index contributed by atoms with van der Waals surface area (Å²) in [5, 5.41) is 9.77. The van der Waals surface area contributed by atoms with E-state index in [1.807, 2.05) is 0 Å². The third kappa shape index (κ3) is 7.30. The molecular formula is C31H32F2N2O9S. The predicted molar refractivity (Wildman–Crippen MR) is 155 cm³/mol. The number of carbonyl (C=O) groups excluding carboxylic acids is 2. The minimum absolute atomic E-state index is 0.00246. The molecule has 0 amide bonds. The standard InChI is InChI=1S/C31H32F2N2O9S/c1-18(2)29(38)42-19(3)43-30(39)26(28(36)37)27(34)20-8-7-11-23(14-20)45(40,41)35-16-31(17-35,21-9-5-4-6-10-21)44-22-12-13-24(32)25(33)15-22/h4-15,18-19,26-27H,16-17,34H2,1-3H3,(H,36,37)/t19?,26-,27?/m0/s1. The Morgan fingerprint density at radius 3 is 2.13 bits per heavy atom. The van der Waals surface area contributed by atoms with Gasteiger partial charge in [0.15, 0.2) is 23.2 Å². The molecule has 1 fully saturated rings. The fourth-order valence-electron chi connectivity index (χ4n) is 4.69. The molecule has 0 spiro atoms. The number of rotatable bonds is 12. The van der Waals surface area contributed by atoms with Gasteiger partial charge in [0, 0.05) is 13.0 Å².